The number of fused-ring (bicyclic) bond motifs is 1. The maximum atomic E-state index is 9.55. The van der Waals surface area contributed by atoms with E-state index in [0.29, 0.717) is 24.3 Å². The van der Waals surface area contributed by atoms with Crippen LogP contribution in [0.25, 0.3) is 0 Å². The van der Waals surface area contributed by atoms with Gasteiger partial charge in [0, 0.05) is 68.8 Å². The Morgan fingerprint density at radius 2 is 1.15 bits per heavy atom. The number of aliphatic carboxylic acids is 4. The number of carboxylic acid groups (broad SMARTS) is 4. The van der Waals surface area contributed by atoms with Crippen LogP contribution in [-0.2, 0) is 25.7 Å². The SMILES string of the molecule is O=C(O)/C=C/C(=O)O.O=C(O)/C=C/C(=O)O.c1ccc(N2CCN(C3CC4CC(c5cccc(CN6CCCC6)c5)CC4C3)CC2)cc1. The second-order valence-electron chi connectivity index (χ2n) is 12.9. The van der Waals surface area contributed by atoms with Crippen LogP contribution in [0.15, 0.2) is 78.9 Å². The smallest absolute Gasteiger partial charge is 0.328 e. The lowest BCUT2D eigenvalue weighted by molar-refractivity contribution is -0.134. The molecule has 11 nitrogen and oxygen atoms in total. The monoisotopic (exact) mass is 661 g/mol. The van der Waals surface area contributed by atoms with Crippen molar-refractivity contribution in [3.63, 3.8) is 0 Å². The molecule has 0 radical (unpaired) electrons. The average Bonchev–Trinajstić information content (AvgIpc) is 3.82. The molecular formula is C37H47N3O8. The number of carboxylic acids is 4. The molecule has 0 amide bonds. The van der Waals surface area contributed by atoms with Crippen molar-refractivity contribution in [3.8, 4) is 0 Å². The van der Waals surface area contributed by atoms with Crippen LogP contribution in [0.4, 0.5) is 5.69 Å². The summed E-state index contributed by atoms with van der Waals surface area (Å²) in [6.45, 7) is 8.58. The maximum absolute atomic E-state index is 9.55. The van der Waals surface area contributed by atoms with E-state index in [1.807, 2.05) is 0 Å². The summed E-state index contributed by atoms with van der Waals surface area (Å²) in [4.78, 5) is 46.2. The highest BCUT2D eigenvalue weighted by molar-refractivity contribution is 5.90. The average molecular weight is 662 g/mol. The first-order chi connectivity index (χ1) is 23.1. The molecule has 0 spiro atoms. The lowest BCUT2D eigenvalue weighted by atomic mass is 9.92. The van der Waals surface area contributed by atoms with Gasteiger partial charge in [-0.3, -0.25) is 9.80 Å². The highest BCUT2D eigenvalue weighted by Crippen LogP contribution is 2.51. The number of para-hydroxylation sites is 1. The summed E-state index contributed by atoms with van der Waals surface area (Å²) in [6.07, 6.45) is 10.7. The molecule has 2 aromatic rings. The molecule has 2 aromatic carbocycles. The van der Waals surface area contributed by atoms with Gasteiger partial charge in [0.2, 0.25) is 0 Å². The minimum Gasteiger partial charge on any atom is -0.478 e. The summed E-state index contributed by atoms with van der Waals surface area (Å²) in [5.41, 5.74) is 4.56. The summed E-state index contributed by atoms with van der Waals surface area (Å²) in [6, 6.07) is 21.4. The van der Waals surface area contributed by atoms with E-state index in [0.717, 1.165) is 30.3 Å². The molecule has 6 rings (SSSR count). The molecule has 2 atom stereocenters. The molecule has 11 heteroatoms. The molecule has 2 saturated heterocycles. The van der Waals surface area contributed by atoms with Gasteiger partial charge < -0.3 is 25.3 Å². The van der Waals surface area contributed by atoms with Crippen LogP contribution in [0, 0.1) is 11.8 Å². The minimum atomic E-state index is -1.26. The fraction of sp³-hybridized carbons (Fsp3) is 0.459. The van der Waals surface area contributed by atoms with Crippen molar-refractivity contribution in [1.29, 1.82) is 0 Å². The molecule has 258 valence electrons. The van der Waals surface area contributed by atoms with E-state index in [1.54, 1.807) is 5.56 Å². The van der Waals surface area contributed by atoms with Crippen LogP contribution < -0.4 is 4.90 Å². The van der Waals surface area contributed by atoms with Crippen molar-refractivity contribution in [1.82, 2.24) is 9.80 Å². The number of rotatable bonds is 9. The number of likely N-dealkylation sites (tertiary alicyclic amines) is 1. The Kier molecular flexibility index (Phi) is 13.8. The van der Waals surface area contributed by atoms with Gasteiger partial charge in [-0.25, -0.2) is 19.2 Å². The van der Waals surface area contributed by atoms with Gasteiger partial charge >= 0.3 is 23.9 Å². The molecule has 4 aliphatic rings. The molecule has 2 heterocycles. The van der Waals surface area contributed by atoms with E-state index in [1.165, 1.54) is 89.0 Å². The van der Waals surface area contributed by atoms with Crippen LogP contribution in [0.1, 0.15) is 55.6 Å². The van der Waals surface area contributed by atoms with Gasteiger partial charge in [-0.15, -0.1) is 0 Å². The Bertz CT molecular complexity index is 1350. The third-order valence-electron chi connectivity index (χ3n) is 9.71. The fourth-order valence-corrected chi connectivity index (χ4v) is 7.57. The van der Waals surface area contributed by atoms with Crippen molar-refractivity contribution in [3.05, 3.63) is 90.0 Å². The largest absolute Gasteiger partial charge is 0.478 e. The van der Waals surface area contributed by atoms with E-state index >= 15 is 0 Å². The Morgan fingerprint density at radius 3 is 1.65 bits per heavy atom. The van der Waals surface area contributed by atoms with Gasteiger partial charge in [-0.05, 0) is 92.6 Å². The highest BCUT2D eigenvalue weighted by atomic mass is 16.4. The standard InChI is InChI=1S/C29H39N3.2C4H4O4/c1-2-9-28(10-3-1)31-13-15-32(16-14-31)29-20-26-18-25(19-27(26)21-29)24-8-6-7-23(17-24)22-30-11-4-5-12-30;2*5-3(6)1-2-4(7)8/h1-3,6-10,17,25-27,29H,4-5,11-16,18-22H2;2*1-2H,(H,5,6)(H,7,8)/b;2*2-1+. The van der Waals surface area contributed by atoms with E-state index in [-0.39, 0.29) is 0 Å². The van der Waals surface area contributed by atoms with E-state index in [4.69, 9.17) is 20.4 Å². The predicted molar refractivity (Wildman–Crippen MR) is 182 cm³/mol. The summed E-state index contributed by atoms with van der Waals surface area (Å²) >= 11 is 0. The molecule has 2 aliphatic carbocycles. The fourth-order valence-electron chi connectivity index (χ4n) is 7.57. The zero-order valence-corrected chi connectivity index (χ0v) is 27.3. The zero-order chi connectivity index (χ0) is 34.5. The van der Waals surface area contributed by atoms with Crippen molar-refractivity contribution in [2.75, 3.05) is 44.2 Å². The van der Waals surface area contributed by atoms with Crippen LogP contribution in [0.3, 0.4) is 0 Å². The first-order valence-electron chi connectivity index (χ1n) is 16.7. The van der Waals surface area contributed by atoms with Gasteiger partial charge in [-0.1, -0.05) is 42.5 Å². The molecule has 0 bridgehead atoms. The van der Waals surface area contributed by atoms with Crippen LogP contribution in [0.5, 0.6) is 0 Å². The quantitative estimate of drug-likeness (QED) is 0.274. The Morgan fingerprint density at radius 1 is 0.625 bits per heavy atom. The van der Waals surface area contributed by atoms with Crippen LogP contribution >= 0.6 is 0 Å². The minimum absolute atomic E-state index is 0.558. The summed E-state index contributed by atoms with van der Waals surface area (Å²) in [5, 5.41) is 31.2. The van der Waals surface area contributed by atoms with Crippen LogP contribution in [0.2, 0.25) is 0 Å². The van der Waals surface area contributed by atoms with Crippen molar-refractivity contribution in [2.24, 2.45) is 11.8 Å². The number of carbonyl (C=O) groups is 4. The Balaban J connectivity index is 0.000000272. The molecule has 2 unspecified atom stereocenters. The second kappa shape index (κ2) is 18.2. The molecule has 4 fully saturated rings. The molecular weight excluding hydrogens is 614 g/mol. The van der Waals surface area contributed by atoms with Gasteiger partial charge in [0.1, 0.15) is 0 Å². The van der Waals surface area contributed by atoms with Crippen LogP contribution in [-0.4, -0.2) is 99.4 Å². The van der Waals surface area contributed by atoms with Crippen molar-refractivity contribution >= 4 is 29.6 Å². The lowest BCUT2D eigenvalue weighted by Crippen LogP contribution is -2.50. The summed E-state index contributed by atoms with van der Waals surface area (Å²) in [5.74, 6) is -2.31. The van der Waals surface area contributed by atoms with E-state index in [9.17, 15) is 19.2 Å². The number of nitrogens with zero attached hydrogens (tertiary/aromatic N) is 3. The number of hydrogen-bond acceptors (Lipinski definition) is 7. The first-order valence-corrected chi connectivity index (χ1v) is 16.7. The van der Waals surface area contributed by atoms with Gasteiger partial charge in [0.05, 0.1) is 0 Å². The van der Waals surface area contributed by atoms with Gasteiger partial charge in [0.25, 0.3) is 0 Å². The van der Waals surface area contributed by atoms with Gasteiger partial charge in [-0.2, -0.15) is 0 Å². The zero-order valence-electron chi connectivity index (χ0n) is 27.3. The predicted octanol–water partition coefficient (Wildman–Crippen LogP) is 4.80. The normalized spacial score (nSPS) is 24.0. The number of anilines is 1. The van der Waals surface area contributed by atoms with Gasteiger partial charge in [0.15, 0.2) is 0 Å². The molecule has 0 aromatic heterocycles. The molecule has 48 heavy (non-hydrogen) atoms. The number of piperazine rings is 1. The first kappa shape index (κ1) is 36.4. The Hall–Kier alpha value is -4.48. The topological polar surface area (TPSA) is 159 Å². The Labute approximate surface area is 281 Å². The second-order valence-corrected chi connectivity index (χ2v) is 12.9. The van der Waals surface area contributed by atoms with Crippen molar-refractivity contribution < 1.29 is 39.6 Å². The highest BCUT2D eigenvalue weighted by Gasteiger charge is 2.44. The maximum Gasteiger partial charge on any atom is 0.328 e. The third-order valence-corrected chi connectivity index (χ3v) is 9.71. The third kappa shape index (κ3) is 11.6. The van der Waals surface area contributed by atoms with E-state index < -0.39 is 23.9 Å². The lowest BCUT2D eigenvalue weighted by Gasteiger charge is -2.39. The van der Waals surface area contributed by atoms with Crippen molar-refractivity contribution in [2.45, 2.75) is 57.0 Å². The summed E-state index contributed by atoms with van der Waals surface area (Å²) < 4.78 is 0. The molecule has 2 aliphatic heterocycles. The number of hydrogen-bond donors (Lipinski definition) is 4. The molecule has 4 N–H and O–H groups in total. The summed E-state index contributed by atoms with van der Waals surface area (Å²) in [7, 11) is 0. The molecule has 2 saturated carbocycles. The van der Waals surface area contributed by atoms with E-state index in [2.05, 4.69) is 69.3 Å². The number of benzene rings is 2.